The Morgan fingerprint density at radius 3 is 2.36 bits per heavy atom. The molecule has 0 saturated heterocycles. The van der Waals surface area contributed by atoms with Gasteiger partial charge in [-0.1, -0.05) is 49.2 Å². The summed E-state index contributed by atoms with van der Waals surface area (Å²) in [6, 6.07) is 17.5. The van der Waals surface area contributed by atoms with Crippen LogP contribution in [0.2, 0.25) is 0 Å². The monoisotopic (exact) mass is 289 g/mol. The zero-order chi connectivity index (χ0) is 15.7. The highest BCUT2D eigenvalue weighted by atomic mass is 14.7. The molecule has 3 rings (SSSR count). The highest BCUT2D eigenvalue weighted by molar-refractivity contribution is 5.85. The van der Waals surface area contributed by atoms with E-state index in [0.29, 0.717) is 5.92 Å². The minimum Gasteiger partial charge on any atom is -0.248 e. The number of hydrogen-bond donors (Lipinski definition) is 0. The number of aryl methyl sites for hydroxylation is 2. The predicted molar refractivity (Wildman–Crippen MR) is 95.4 cm³/mol. The van der Waals surface area contributed by atoms with Gasteiger partial charge in [0.25, 0.3) is 0 Å². The molecule has 3 aromatic rings. The van der Waals surface area contributed by atoms with E-state index in [-0.39, 0.29) is 0 Å². The van der Waals surface area contributed by atoms with Crippen molar-refractivity contribution in [3.63, 3.8) is 0 Å². The van der Waals surface area contributed by atoms with Crippen LogP contribution in [0.15, 0.2) is 48.5 Å². The van der Waals surface area contributed by atoms with E-state index in [9.17, 15) is 0 Å². The lowest BCUT2D eigenvalue weighted by Crippen LogP contribution is -1.95. The summed E-state index contributed by atoms with van der Waals surface area (Å²) in [5.74, 6) is 0.567. The van der Waals surface area contributed by atoms with Crippen LogP contribution in [-0.2, 0) is 0 Å². The first-order valence-corrected chi connectivity index (χ1v) is 8.07. The number of hydrogen-bond acceptors (Lipinski definition) is 1. The molecular formula is C21H23N. The lowest BCUT2D eigenvalue weighted by molar-refractivity contribution is 0.739. The van der Waals surface area contributed by atoms with Gasteiger partial charge < -0.3 is 0 Å². The van der Waals surface area contributed by atoms with Gasteiger partial charge in [0.1, 0.15) is 0 Å². The summed E-state index contributed by atoms with van der Waals surface area (Å²) < 4.78 is 0. The normalized spacial score (nSPS) is 12.5. The maximum absolute atomic E-state index is 4.91. The van der Waals surface area contributed by atoms with Crippen LogP contribution in [0.25, 0.3) is 22.2 Å². The molecule has 0 bridgehead atoms. The Hall–Kier alpha value is -2.15. The van der Waals surface area contributed by atoms with Crippen LogP contribution in [0.1, 0.15) is 42.9 Å². The summed E-state index contributed by atoms with van der Waals surface area (Å²) in [5, 5.41) is 1.28. The van der Waals surface area contributed by atoms with Crippen LogP contribution >= 0.6 is 0 Å². The van der Waals surface area contributed by atoms with Crippen LogP contribution < -0.4 is 0 Å². The number of benzene rings is 2. The van der Waals surface area contributed by atoms with Crippen molar-refractivity contribution in [3.05, 3.63) is 65.2 Å². The van der Waals surface area contributed by atoms with E-state index in [4.69, 9.17) is 4.98 Å². The molecule has 2 aromatic carbocycles. The van der Waals surface area contributed by atoms with Crippen LogP contribution in [0.3, 0.4) is 0 Å². The van der Waals surface area contributed by atoms with Crippen LogP contribution in [0.5, 0.6) is 0 Å². The molecule has 112 valence electrons. The molecular weight excluding hydrogens is 266 g/mol. The maximum Gasteiger partial charge on any atom is 0.0712 e. The summed E-state index contributed by atoms with van der Waals surface area (Å²) in [6.45, 7) is 8.80. The van der Waals surface area contributed by atoms with E-state index in [1.807, 2.05) is 0 Å². The van der Waals surface area contributed by atoms with Crippen molar-refractivity contribution in [2.45, 2.75) is 40.0 Å². The van der Waals surface area contributed by atoms with Crippen molar-refractivity contribution in [1.29, 1.82) is 0 Å². The van der Waals surface area contributed by atoms with Gasteiger partial charge in [0, 0.05) is 10.9 Å². The summed E-state index contributed by atoms with van der Waals surface area (Å²) in [4.78, 5) is 4.91. The first-order chi connectivity index (χ1) is 10.6. The highest BCUT2D eigenvalue weighted by Gasteiger charge is 2.09. The minimum atomic E-state index is 0.567. The second kappa shape index (κ2) is 5.92. The quantitative estimate of drug-likeness (QED) is 0.573. The Bertz CT molecular complexity index is 797. The molecule has 1 nitrogen and oxygen atoms in total. The third-order valence-electron chi connectivity index (χ3n) is 4.43. The van der Waals surface area contributed by atoms with Crippen molar-refractivity contribution >= 4 is 10.9 Å². The van der Waals surface area contributed by atoms with Crippen molar-refractivity contribution in [2.75, 3.05) is 0 Å². The van der Waals surface area contributed by atoms with Gasteiger partial charge in [-0.3, -0.25) is 0 Å². The van der Waals surface area contributed by atoms with E-state index in [0.717, 1.165) is 17.6 Å². The molecule has 0 N–H and O–H groups in total. The van der Waals surface area contributed by atoms with E-state index in [1.54, 1.807) is 0 Å². The third-order valence-corrected chi connectivity index (χ3v) is 4.43. The SMILES string of the molecule is CCC(C)c1cccc2nc(-c3cc(C)cc(C)c3)ccc12. The molecule has 0 aliphatic rings. The number of aromatic nitrogens is 1. The molecule has 0 saturated carbocycles. The van der Waals surface area contributed by atoms with Gasteiger partial charge in [-0.2, -0.15) is 0 Å². The van der Waals surface area contributed by atoms with Gasteiger partial charge in [-0.15, -0.1) is 0 Å². The first kappa shape index (κ1) is 14.8. The van der Waals surface area contributed by atoms with Gasteiger partial charge in [-0.05, 0) is 56.0 Å². The fourth-order valence-corrected chi connectivity index (χ4v) is 3.11. The summed E-state index contributed by atoms with van der Waals surface area (Å²) >= 11 is 0. The standard InChI is InChI=1S/C21H23N/c1-5-16(4)18-7-6-8-21-19(18)9-10-20(22-21)17-12-14(2)11-15(3)13-17/h6-13,16H,5H2,1-4H3. The minimum absolute atomic E-state index is 0.567. The van der Waals surface area contributed by atoms with E-state index in [2.05, 4.69) is 76.2 Å². The summed E-state index contributed by atoms with van der Waals surface area (Å²) in [6.07, 6.45) is 1.15. The van der Waals surface area contributed by atoms with Crippen molar-refractivity contribution in [1.82, 2.24) is 4.98 Å². The Kier molecular flexibility index (Phi) is 3.98. The van der Waals surface area contributed by atoms with Gasteiger partial charge >= 0.3 is 0 Å². The lowest BCUT2D eigenvalue weighted by atomic mass is 9.94. The molecule has 0 amide bonds. The van der Waals surface area contributed by atoms with Crippen molar-refractivity contribution in [2.24, 2.45) is 0 Å². The van der Waals surface area contributed by atoms with Gasteiger partial charge in [-0.25, -0.2) is 4.98 Å². The number of pyridine rings is 1. The Labute approximate surface area is 133 Å². The number of nitrogens with zero attached hydrogens (tertiary/aromatic N) is 1. The number of fused-ring (bicyclic) bond motifs is 1. The Morgan fingerprint density at radius 1 is 0.955 bits per heavy atom. The fourth-order valence-electron chi connectivity index (χ4n) is 3.11. The molecule has 0 spiro atoms. The van der Waals surface area contributed by atoms with Crippen LogP contribution in [0.4, 0.5) is 0 Å². The van der Waals surface area contributed by atoms with Gasteiger partial charge in [0.15, 0.2) is 0 Å². The average Bonchev–Trinajstić information content (AvgIpc) is 2.52. The molecule has 1 aromatic heterocycles. The van der Waals surface area contributed by atoms with Crippen LogP contribution in [0, 0.1) is 13.8 Å². The first-order valence-electron chi connectivity index (χ1n) is 8.07. The molecule has 1 heteroatoms. The third kappa shape index (κ3) is 2.76. The topological polar surface area (TPSA) is 12.9 Å². The van der Waals surface area contributed by atoms with Gasteiger partial charge in [0.05, 0.1) is 11.2 Å². The second-order valence-electron chi connectivity index (χ2n) is 6.30. The van der Waals surface area contributed by atoms with Gasteiger partial charge in [0.2, 0.25) is 0 Å². The maximum atomic E-state index is 4.91. The molecule has 0 radical (unpaired) electrons. The molecule has 0 aliphatic heterocycles. The average molecular weight is 289 g/mol. The molecule has 1 atom stereocenters. The highest BCUT2D eigenvalue weighted by Crippen LogP contribution is 2.29. The van der Waals surface area contributed by atoms with Crippen molar-refractivity contribution < 1.29 is 0 Å². The zero-order valence-corrected chi connectivity index (χ0v) is 13.9. The number of rotatable bonds is 3. The molecule has 1 heterocycles. The smallest absolute Gasteiger partial charge is 0.0712 e. The van der Waals surface area contributed by atoms with E-state index >= 15 is 0 Å². The molecule has 1 unspecified atom stereocenters. The zero-order valence-electron chi connectivity index (χ0n) is 13.9. The second-order valence-corrected chi connectivity index (χ2v) is 6.30. The largest absolute Gasteiger partial charge is 0.248 e. The van der Waals surface area contributed by atoms with Crippen molar-refractivity contribution in [3.8, 4) is 11.3 Å². The van der Waals surface area contributed by atoms with E-state index in [1.165, 1.54) is 27.6 Å². The molecule has 22 heavy (non-hydrogen) atoms. The molecule has 0 fully saturated rings. The fraction of sp³-hybridized carbons (Fsp3) is 0.286. The summed E-state index contributed by atoms with van der Waals surface area (Å²) in [5.41, 5.74) is 7.32. The Morgan fingerprint density at radius 2 is 1.68 bits per heavy atom. The van der Waals surface area contributed by atoms with Crippen LogP contribution in [-0.4, -0.2) is 4.98 Å². The van der Waals surface area contributed by atoms with E-state index < -0.39 is 0 Å². The molecule has 0 aliphatic carbocycles. The summed E-state index contributed by atoms with van der Waals surface area (Å²) in [7, 11) is 0. The predicted octanol–water partition coefficient (Wildman–Crippen LogP) is 6.03. The Balaban J connectivity index is 2.14. The lowest BCUT2D eigenvalue weighted by Gasteiger charge is -2.13.